The first-order chi connectivity index (χ1) is 14.4. The van der Waals surface area contributed by atoms with Gasteiger partial charge in [0, 0.05) is 12.4 Å². The molecule has 4 aromatic heterocycles. The molecular formula is C19H14N8O2. The molecular weight excluding hydrogens is 372 g/mol. The number of aliphatic imine (C=N–C) groups is 1. The van der Waals surface area contributed by atoms with Crippen LogP contribution in [0.5, 0.6) is 0 Å². The third kappa shape index (κ3) is 2.46. The minimum atomic E-state index is 0.333. The van der Waals surface area contributed by atoms with Crippen LogP contribution >= 0.6 is 0 Å². The molecule has 142 valence electrons. The number of benzene rings is 1. The molecule has 0 fully saturated rings. The van der Waals surface area contributed by atoms with Gasteiger partial charge < -0.3 is 19.1 Å². The van der Waals surface area contributed by atoms with E-state index in [-0.39, 0.29) is 0 Å². The number of nitrogens with zero attached hydrogens (tertiary/aromatic N) is 6. The number of imidazole rings is 3. The molecule has 2 N–H and O–H groups in total. The first-order valence-corrected chi connectivity index (χ1v) is 9.03. The smallest absolute Gasteiger partial charge is 0.308 e. The molecule has 1 aliphatic rings. The summed E-state index contributed by atoms with van der Waals surface area (Å²) in [6.07, 6.45) is 6.47. The predicted octanol–water partition coefficient (Wildman–Crippen LogP) is 2.57. The summed E-state index contributed by atoms with van der Waals surface area (Å²) in [4.78, 5) is 29.1. The lowest BCUT2D eigenvalue weighted by Gasteiger charge is -2.07. The average molecular weight is 386 g/mol. The zero-order valence-corrected chi connectivity index (χ0v) is 15.0. The molecule has 0 saturated heterocycles. The van der Waals surface area contributed by atoms with E-state index in [4.69, 9.17) is 19.1 Å². The molecule has 1 aliphatic heterocycles. The molecule has 5 heterocycles. The third-order valence-electron chi connectivity index (χ3n) is 4.60. The van der Waals surface area contributed by atoms with E-state index >= 15 is 0 Å². The summed E-state index contributed by atoms with van der Waals surface area (Å²) in [7, 11) is 0. The average Bonchev–Trinajstić information content (AvgIpc) is 3.56. The van der Waals surface area contributed by atoms with Crippen molar-refractivity contribution in [1.29, 1.82) is 0 Å². The monoisotopic (exact) mass is 386 g/mol. The van der Waals surface area contributed by atoms with Gasteiger partial charge in [-0.2, -0.15) is 0 Å². The Bertz CT molecular complexity index is 1300. The topological polar surface area (TPSA) is 123 Å². The molecule has 29 heavy (non-hydrogen) atoms. The van der Waals surface area contributed by atoms with Crippen LogP contribution in [0.4, 0.5) is 0 Å². The van der Waals surface area contributed by atoms with Crippen LogP contribution in [0.1, 0.15) is 5.69 Å². The quantitative estimate of drug-likeness (QED) is 0.489. The lowest BCUT2D eigenvalue weighted by molar-refractivity contribution is 0.346. The van der Waals surface area contributed by atoms with Gasteiger partial charge in [0.15, 0.2) is 17.5 Å². The lowest BCUT2D eigenvalue weighted by Crippen LogP contribution is -2.12. The van der Waals surface area contributed by atoms with Gasteiger partial charge in [-0.05, 0) is 12.1 Å². The first kappa shape index (κ1) is 15.8. The maximum Gasteiger partial charge on any atom is 0.308 e. The van der Waals surface area contributed by atoms with Gasteiger partial charge in [-0.3, -0.25) is 0 Å². The highest BCUT2D eigenvalue weighted by molar-refractivity contribution is 6.00. The van der Waals surface area contributed by atoms with E-state index in [1.807, 2.05) is 24.3 Å². The lowest BCUT2D eigenvalue weighted by atomic mass is 10.3. The number of H-pyrrole nitrogens is 2. The largest absolute Gasteiger partial charge is 0.474 e. The number of rotatable bonds is 4. The molecule has 0 aliphatic carbocycles. The Labute approximate surface area is 163 Å². The molecule has 0 atom stereocenters. The van der Waals surface area contributed by atoms with Crippen molar-refractivity contribution in [3.8, 4) is 29.2 Å². The van der Waals surface area contributed by atoms with Gasteiger partial charge in [-0.1, -0.05) is 12.1 Å². The summed E-state index contributed by atoms with van der Waals surface area (Å²) in [5, 5.41) is 0. The number of nitrogens with one attached hydrogen (secondary N) is 2. The van der Waals surface area contributed by atoms with E-state index in [2.05, 4.69) is 24.9 Å². The normalized spacial score (nSPS) is 13.7. The highest BCUT2D eigenvalue weighted by Crippen LogP contribution is 2.31. The van der Waals surface area contributed by atoms with Crippen LogP contribution < -0.4 is 0 Å². The zero-order valence-electron chi connectivity index (χ0n) is 15.0. The Morgan fingerprint density at radius 3 is 2.76 bits per heavy atom. The van der Waals surface area contributed by atoms with Crippen LogP contribution in [0.25, 0.3) is 40.2 Å². The standard InChI is InChI=1S/C19H14N8O2/c1-2-4-12-11(3-1)24-15(25-12)13-14(18-22-7-9-28-18)27(19-23-8-10-29-19)17(26-13)16-20-5-6-21-16/h1-6,8,10H,7,9H2,(H,20,21)(H,24,25). The predicted molar refractivity (Wildman–Crippen MR) is 104 cm³/mol. The Kier molecular flexibility index (Phi) is 3.36. The third-order valence-corrected chi connectivity index (χ3v) is 4.60. The minimum Gasteiger partial charge on any atom is -0.474 e. The Hall–Kier alpha value is -4.21. The highest BCUT2D eigenvalue weighted by atomic mass is 16.5. The number of oxazole rings is 1. The van der Waals surface area contributed by atoms with E-state index < -0.39 is 0 Å². The van der Waals surface area contributed by atoms with Gasteiger partial charge in [0.1, 0.15) is 24.3 Å². The molecule has 0 saturated carbocycles. The van der Waals surface area contributed by atoms with E-state index in [1.54, 1.807) is 23.2 Å². The van der Waals surface area contributed by atoms with E-state index in [0.29, 0.717) is 53.9 Å². The van der Waals surface area contributed by atoms with Crippen molar-refractivity contribution < 1.29 is 9.15 Å². The van der Waals surface area contributed by atoms with Gasteiger partial charge >= 0.3 is 6.01 Å². The number of para-hydroxylation sites is 2. The van der Waals surface area contributed by atoms with Crippen LogP contribution in [0.15, 0.2) is 58.5 Å². The van der Waals surface area contributed by atoms with Crippen molar-refractivity contribution >= 4 is 16.9 Å². The van der Waals surface area contributed by atoms with Crippen LogP contribution in [0.3, 0.4) is 0 Å². The fourth-order valence-electron chi connectivity index (χ4n) is 3.39. The van der Waals surface area contributed by atoms with Crippen LogP contribution in [0.2, 0.25) is 0 Å². The molecule has 0 radical (unpaired) electrons. The first-order valence-electron chi connectivity index (χ1n) is 9.03. The SMILES string of the molecule is c1ccc2[nH]c(-c3nc(-c4ncc[nH]4)n(-c4ncco4)c3C3=NCCO3)nc2c1. The zero-order chi connectivity index (χ0) is 19.2. The second-order valence-electron chi connectivity index (χ2n) is 6.36. The second kappa shape index (κ2) is 6.16. The summed E-state index contributed by atoms with van der Waals surface area (Å²) in [5.41, 5.74) is 2.93. The van der Waals surface area contributed by atoms with Crippen molar-refractivity contribution in [3.63, 3.8) is 0 Å². The number of hydrogen-bond acceptors (Lipinski definition) is 7. The number of aromatic nitrogens is 7. The summed E-state index contributed by atoms with van der Waals surface area (Å²) in [6.45, 7) is 1.07. The summed E-state index contributed by atoms with van der Waals surface area (Å²) in [5.74, 6) is 2.13. The highest BCUT2D eigenvalue weighted by Gasteiger charge is 2.31. The van der Waals surface area contributed by atoms with Gasteiger partial charge in [0.2, 0.25) is 5.90 Å². The van der Waals surface area contributed by atoms with E-state index in [0.717, 1.165) is 11.0 Å². The maximum absolute atomic E-state index is 5.79. The number of ether oxygens (including phenoxy) is 1. The second-order valence-corrected chi connectivity index (χ2v) is 6.36. The molecule has 0 amide bonds. The molecule has 0 unspecified atom stereocenters. The molecule has 10 heteroatoms. The molecule has 0 bridgehead atoms. The van der Waals surface area contributed by atoms with Crippen molar-refractivity contribution in [1.82, 2.24) is 34.5 Å². The fraction of sp³-hybridized carbons (Fsp3) is 0.105. The van der Waals surface area contributed by atoms with E-state index in [1.165, 1.54) is 6.26 Å². The van der Waals surface area contributed by atoms with Gasteiger partial charge in [0.05, 0.1) is 23.8 Å². The number of aromatic amines is 2. The van der Waals surface area contributed by atoms with Crippen molar-refractivity contribution in [3.05, 3.63) is 54.8 Å². The van der Waals surface area contributed by atoms with Crippen LogP contribution in [0, 0.1) is 0 Å². The Morgan fingerprint density at radius 1 is 1.03 bits per heavy atom. The summed E-state index contributed by atoms with van der Waals surface area (Å²) < 4.78 is 13.1. The molecule has 6 rings (SSSR count). The molecule has 1 aromatic carbocycles. The van der Waals surface area contributed by atoms with Gasteiger partial charge in [-0.15, -0.1) is 0 Å². The van der Waals surface area contributed by atoms with Crippen LogP contribution in [-0.2, 0) is 4.74 Å². The van der Waals surface area contributed by atoms with Crippen molar-refractivity contribution in [2.75, 3.05) is 13.2 Å². The Morgan fingerprint density at radius 2 is 2.00 bits per heavy atom. The minimum absolute atomic E-state index is 0.333. The molecule has 5 aromatic rings. The van der Waals surface area contributed by atoms with Crippen molar-refractivity contribution in [2.24, 2.45) is 4.99 Å². The summed E-state index contributed by atoms with van der Waals surface area (Å²) in [6, 6.07) is 8.14. The fourth-order valence-corrected chi connectivity index (χ4v) is 3.39. The van der Waals surface area contributed by atoms with Crippen LogP contribution in [-0.4, -0.2) is 53.5 Å². The Balaban J connectivity index is 1.68. The molecule has 10 nitrogen and oxygen atoms in total. The van der Waals surface area contributed by atoms with E-state index in [9.17, 15) is 0 Å². The number of fused-ring (bicyclic) bond motifs is 1. The number of hydrogen-bond donors (Lipinski definition) is 2. The van der Waals surface area contributed by atoms with Gasteiger partial charge in [0.25, 0.3) is 0 Å². The summed E-state index contributed by atoms with van der Waals surface area (Å²) >= 11 is 0. The van der Waals surface area contributed by atoms with Gasteiger partial charge in [-0.25, -0.2) is 29.5 Å². The van der Waals surface area contributed by atoms with Crippen molar-refractivity contribution in [2.45, 2.75) is 0 Å². The molecule has 0 spiro atoms. The maximum atomic E-state index is 5.79.